The molecule has 0 saturated heterocycles. The summed E-state index contributed by atoms with van der Waals surface area (Å²) in [7, 11) is 0. The molecule has 0 aromatic carbocycles. The van der Waals surface area contributed by atoms with E-state index in [1.54, 1.807) is 0 Å². The maximum Gasteiger partial charge on any atom is 0.262 e. The first kappa shape index (κ1) is 7.90. The van der Waals surface area contributed by atoms with Gasteiger partial charge in [-0.25, -0.2) is 4.99 Å². The van der Waals surface area contributed by atoms with Crippen LogP contribution in [0.4, 0.5) is 0 Å². The van der Waals surface area contributed by atoms with E-state index in [0.29, 0.717) is 12.2 Å². The Balaban J connectivity index is 2.34. The summed E-state index contributed by atoms with van der Waals surface area (Å²) in [4.78, 5) is 15.2. The van der Waals surface area contributed by atoms with Gasteiger partial charge in [0.15, 0.2) is 6.17 Å². The standard InChI is InChI=1S/C7H8N4O2/c1-2-13-7-4-5(10-11-7)8-3-9-6(4)12/h3,5H,2H2,1H3,(H,8,9,12). The van der Waals surface area contributed by atoms with Gasteiger partial charge < -0.3 is 10.1 Å². The zero-order chi connectivity index (χ0) is 9.26. The van der Waals surface area contributed by atoms with Crippen molar-refractivity contribution in [2.75, 3.05) is 6.61 Å². The van der Waals surface area contributed by atoms with Gasteiger partial charge in [0.25, 0.3) is 5.91 Å². The first-order valence-corrected chi connectivity index (χ1v) is 3.93. The van der Waals surface area contributed by atoms with Crippen molar-refractivity contribution in [2.45, 2.75) is 13.1 Å². The lowest BCUT2D eigenvalue weighted by Gasteiger charge is -2.11. The molecule has 0 aromatic heterocycles. The topological polar surface area (TPSA) is 75.4 Å². The fraction of sp³-hybridized carbons (Fsp3) is 0.429. The van der Waals surface area contributed by atoms with Crippen molar-refractivity contribution in [3.8, 4) is 0 Å². The van der Waals surface area contributed by atoms with E-state index in [1.165, 1.54) is 6.34 Å². The molecule has 6 heteroatoms. The fourth-order valence-corrected chi connectivity index (χ4v) is 1.14. The van der Waals surface area contributed by atoms with Gasteiger partial charge in [-0.05, 0) is 6.92 Å². The summed E-state index contributed by atoms with van der Waals surface area (Å²) in [5, 5.41) is 9.96. The molecular weight excluding hydrogens is 172 g/mol. The van der Waals surface area contributed by atoms with Crippen LogP contribution in [0.5, 0.6) is 0 Å². The molecule has 68 valence electrons. The highest BCUT2D eigenvalue weighted by Gasteiger charge is 2.32. The van der Waals surface area contributed by atoms with Crippen molar-refractivity contribution in [3.05, 3.63) is 11.5 Å². The highest BCUT2D eigenvalue weighted by Crippen LogP contribution is 2.25. The summed E-state index contributed by atoms with van der Waals surface area (Å²) >= 11 is 0. The third-order valence-electron chi connectivity index (χ3n) is 1.68. The molecular formula is C7H8N4O2. The predicted molar refractivity (Wildman–Crippen MR) is 43.9 cm³/mol. The van der Waals surface area contributed by atoms with E-state index >= 15 is 0 Å². The van der Waals surface area contributed by atoms with Gasteiger partial charge in [-0.15, -0.1) is 5.11 Å². The van der Waals surface area contributed by atoms with Gasteiger partial charge in [-0.3, -0.25) is 4.79 Å². The summed E-state index contributed by atoms with van der Waals surface area (Å²) in [6.45, 7) is 2.28. The summed E-state index contributed by atoms with van der Waals surface area (Å²) < 4.78 is 5.13. The smallest absolute Gasteiger partial charge is 0.262 e. The van der Waals surface area contributed by atoms with Gasteiger partial charge in [-0.2, -0.15) is 5.11 Å². The number of amides is 1. The Hall–Kier alpha value is -1.72. The third kappa shape index (κ3) is 1.20. The van der Waals surface area contributed by atoms with Crippen LogP contribution in [0.3, 0.4) is 0 Å². The summed E-state index contributed by atoms with van der Waals surface area (Å²) in [6, 6.07) is 0. The Labute approximate surface area is 74.4 Å². The second-order valence-electron chi connectivity index (χ2n) is 2.49. The average Bonchev–Trinajstić information content (AvgIpc) is 2.51. The van der Waals surface area contributed by atoms with Gasteiger partial charge in [0.1, 0.15) is 5.57 Å². The maximum absolute atomic E-state index is 11.3. The Morgan fingerprint density at radius 2 is 2.54 bits per heavy atom. The van der Waals surface area contributed by atoms with E-state index in [9.17, 15) is 4.79 Å². The molecule has 1 amide bonds. The van der Waals surface area contributed by atoms with E-state index in [1.807, 2.05) is 6.92 Å². The SMILES string of the molecule is CCOC1=C2C(=O)NC=NC2N=N1. The van der Waals surface area contributed by atoms with Crippen LogP contribution in [0.1, 0.15) is 6.92 Å². The Morgan fingerprint density at radius 3 is 3.31 bits per heavy atom. The number of aliphatic imine (C=N–C) groups is 1. The lowest BCUT2D eigenvalue weighted by atomic mass is 10.2. The zero-order valence-corrected chi connectivity index (χ0v) is 7.02. The number of carbonyl (C=O) groups excluding carboxylic acids is 1. The molecule has 0 fully saturated rings. The number of azo groups is 1. The number of nitrogens with zero attached hydrogens (tertiary/aromatic N) is 3. The first-order valence-electron chi connectivity index (χ1n) is 3.93. The number of hydrogen-bond acceptors (Lipinski definition) is 5. The Morgan fingerprint density at radius 1 is 1.69 bits per heavy atom. The lowest BCUT2D eigenvalue weighted by Crippen LogP contribution is -2.33. The molecule has 1 atom stereocenters. The molecule has 0 radical (unpaired) electrons. The first-order chi connectivity index (χ1) is 6.33. The third-order valence-corrected chi connectivity index (χ3v) is 1.68. The molecule has 0 aliphatic carbocycles. The largest absolute Gasteiger partial charge is 0.476 e. The monoisotopic (exact) mass is 180 g/mol. The molecule has 0 bridgehead atoms. The zero-order valence-electron chi connectivity index (χ0n) is 7.02. The van der Waals surface area contributed by atoms with Crippen LogP contribution < -0.4 is 5.32 Å². The maximum atomic E-state index is 11.3. The average molecular weight is 180 g/mol. The van der Waals surface area contributed by atoms with Gasteiger partial charge >= 0.3 is 0 Å². The molecule has 2 aliphatic heterocycles. The van der Waals surface area contributed by atoms with Crippen molar-refractivity contribution < 1.29 is 9.53 Å². The number of ether oxygens (including phenoxy) is 1. The number of fused-ring (bicyclic) bond motifs is 1. The highest BCUT2D eigenvalue weighted by molar-refractivity contribution is 6.03. The van der Waals surface area contributed by atoms with Crippen molar-refractivity contribution in [2.24, 2.45) is 15.2 Å². The van der Waals surface area contributed by atoms with Gasteiger partial charge in [0.05, 0.1) is 12.9 Å². The van der Waals surface area contributed by atoms with Crippen LogP contribution in [-0.2, 0) is 9.53 Å². The second-order valence-corrected chi connectivity index (χ2v) is 2.49. The van der Waals surface area contributed by atoms with Crippen LogP contribution in [0.25, 0.3) is 0 Å². The van der Waals surface area contributed by atoms with Crippen LogP contribution in [0.2, 0.25) is 0 Å². The number of rotatable bonds is 2. The molecule has 1 N–H and O–H groups in total. The highest BCUT2D eigenvalue weighted by atomic mass is 16.5. The van der Waals surface area contributed by atoms with Crippen molar-refractivity contribution in [1.29, 1.82) is 0 Å². The molecule has 6 nitrogen and oxygen atoms in total. The quantitative estimate of drug-likeness (QED) is 0.658. The van der Waals surface area contributed by atoms with Crippen LogP contribution in [-0.4, -0.2) is 25.0 Å². The minimum absolute atomic E-state index is 0.242. The van der Waals surface area contributed by atoms with E-state index < -0.39 is 6.17 Å². The summed E-state index contributed by atoms with van der Waals surface area (Å²) in [5.74, 6) is 0.0373. The molecule has 0 spiro atoms. The predicted octanol–water partition coefficient (Wildman–Crippen LogP) is 0.184. The number of nitrogens with one attached hydrogen (secondary N) is 1. The van der Waals surface area contributed by atoms with Gasteiger partial charge in [0, 0.05) is 0 Å². The number of hydrogen-bond donors (Lipinski definition) is 1. The van der Waals surface area contributed by atoms with E-state index in [0.717, 1.165) is 0 Å². The molecule has 2 aliphatic rings. The van der Waals surface area contributed by atoms with Crippen molar-refractivity contribution in [1.82, 2.24) is 5.32 Å². The van der Waals surface area contributed by atoms with Gasteiger partial charge in [0.2, 0.25) is 5.88 Å². The lowest BCUT2D eigenvalue weighted by molar-refractivity contribution is -0.116. The number of carbonyl (C=O) groups is 1. The Kier molecular flexibility index (Phi) is 1.80. The molecule has 13 heavy (non-hydrogen) atoms. The second kappa shape index (κ2) is 2.96. The molecule has 2 heterocycles. The molecule has 1 unspecified atom stereocenters. The molecule has 0 saturated carbocycles. The van der Waals surface area contributed by atoms with E-state index in [2.05, 4.69) is 20.5 Å². The van der Waals surface area contributed by atoms with Crippen LogP contribution in [0, 0.1) is 0 Å². The van der Waals surface area contributed by atoms with Gasteiger partial charge in [-0.1, -0.05) is 0 Å². The van der Waals surface area contributed by atoms with Crippen molar-refractivity contribution >= 4 is 12.2 Å². The van der Waals surface area contributed by atoms with E-state index in [-0.39, 0.29) is 11.8 Å². The minimum atomic E-state index is -0.504. The summed E-state index contributed by atoms with van der Waals surface area (Å²) in [5.41, 5.74) is 0.393. The van der Waals surface area contributed by atoms with Crippen LogP contribution >= 0.6 is 0 Å². The molecule has 0 aromatic rings. The molecule has 2 rings (SSSR count). The fourth-order valence-electron chi connectivity index (χ4n) is 1.14. The van der Waals surface area contributed by atoms with Crippen LogP contribution in [0.15, 0.2) is 26.7 Å². The minimum Gasteiger partial charge on any atom is -0.476 e. The summed E-state index contributed by atoms with van der Waals surface area (Å²) in [6.07, 6.45) is 0.819. The Bertz CT molecular complexity index is 331. The van der Waals surface area contributed by atoms with Crippen molar-refractivity contribution in [3.63, 3.8) is 0 Å². The van der Waals surface area contributed by atoms with E-state index in [4.69, 9.17) is 4.74 Å². The normalized spacial score (nSPS) is 24.7.